The van der Waals surface area contributed by atoms with Gasteiger partial charge in [-0.15, -0.1) is 0 Å². The number of benzene rings is 3. The second-order valence-corrected chi connectivity index (χ2v) is 7.35. The van der Waals surface area contributed by atoms with Crippen LogP contribution in [0.5, 0.6) is 0 Å². The van der Waals surface area contributed by atoms with E-state index in [0.29, 0.717) is 21.8 Å². The highest BCUT2D eigenvalue weighted by molar-refractivity contribution is 7.45. The van der Waals surface area contributed by atoms with E-state index >= 15 is 0 Å². The van der Waals surface area contributed by atoms with Crippen molar-refractivity contribution in [1.29, 1.82) is 0 Å². The summed E-state index contributed by atoms with van der Waals surface area (Å²) in [5, 5.41) is 11.2. The van der Waals surface area contributed by atoms with E-state index in [4.69, 9.17) is 4.98 Å². The van der Waals surface area contributed by atoms with Gasteiger partial charge in [-0.05, 0) is 48.9 Å². The normalized spacial score (nSPS) is 11.7. The van der Waals surface area contributed by atoms with Crippen molar-refractivity contribution in [3.05, 3.63) is 71.8 Å². The van der Waals surface area contributed by atoms with Crippen LogP contribution in [0.25, 0.3) is 32.9 Å². The van der Waals surface area contributed by atoms with E-state index in [1.54, 1.807) is 24.3 Å². The zero-order valence-corrected chi connectivity index (χ0v) is 15.2. The molecule has 4 rings (SSSR count). The van der Waals surface area contributed by atoms with Crippen molar-refractivity contribution in [2.24, 2.45) is 0 Å². The number of aryl methyl sites for hydroxylation is 1. The Morgan fingerprint density at radius 1 is 1.04 bits per heavy atom. The van der Waals surface area contributed by atoms with Crippen molar-refractivity contribution in [2.75, 3.05) is 0 Å². The van der Waals surface area contributed by atoms with Crippen LogP contribution >= 0.6 is 8.03 Å². The summed E-state index contributed by atoms with van der Waals surface area (Å²) in [5.74, 6) is -1.01. The Balaban J connectivity index is 2.06. The first kappa shape index (κ1) is 17.3. The summed E-state index contributed by atoms with van der Waals surface area (Å²) in [5.41, 5.74) is 3.90. The zero-order valence-electron chi connectivity index (χ0n) is 14.3. The van der Waals surface area contributed by atoms with Crippen LogP contribution in [-0.2, 0) is 4.57 Å². The average molecular weight is 375 g/mol. The standard InChI is InChI=1S/C21H14NO4P/c1-12-5-10-18-17(11-12)19(21(23)24)16-4-2-3-15(20(16)22-18)13-6-8-14(9-7-13)27(25)26/h2-11H,1H3,(H,23,24). The van der Waals surface area contributed by atoms with E-state index < -0.39 is 14.0 Å². The van der Waals surface area contributed by atoms with Crippen LogP contribution in [0.3, 0.4) is 0 Å². The third-order valence-corrected chi connectivity index (χ3v) is 5.28. The number of rotatable bonds is 3. The molecule has 0 aliphatic heterocycles. The summed E-state index contributed by atoms with van der Waals surface area (Å²) in [6.07, 6.45) is 0. The summed E-state index contributed by atoms with van der Waals surface area (Å²) in [7, 11) is -2.65. The fraction of sp³-hybridized carbons (Fsp3) is 0.0476. The number of fused-ring (bicyclic) bond motifs is 2. The largest absolute Gasteiger partial charge is 0.591 e. The summed E-state index contributed by atoms with van der Waals surface area (Å²) < 4.78 is 11.1. The van der Waals surface area contributed by atoms with Gasteiger partial charge in [0, 0.05) is 16.3 Å². The number of carbonyl (C=O) groups is 1. The second-order valence-electron chi connectivity index (χ2n) is 6.32. The van der Waals surface area contributed by atoms with Crippen molar-refractivity contribution in [3.63, 3.8) is 0 Å². The number of hydrogen-bond acceptors (Lipinski definition) is 4. The van der Waals surface area contributed by atoms with Gasteiger partial charge in [0.05, 0.1) is 16.6 Å². The molecule has 6 heteroatoms. The monoisotopic (exact) mass is 375 g/mol. The van der Waals surface area contributed by atoms with Crippen LogP contribution < -0.4 is 10.2 Å². The van der Waals surface area contributed by atoms with Crippen LogP contribution in [0.1, 0.15) is 15.9 Å². The van der Waals surface area contributed by atoms with E-state index in [1.165, 1.54) is 12.1 Å². The molecule has 0 bridgehead atoms. The molecule has 0 aliphatic carbocycles. The highest BCUT2D eigenvalue weighted by Crippen LogP contribution is 2.33. The van der Waals surface area contributed by atoms with Gasteiger partial charge >= 0.3 is 14.0 Å². The van der Waals surface area contributed by atoms with Crippen molar-refractivity contribution in [1.82, 2.24) is 4.98 Å². The number of aromatic nitrogens is 1. The number of para-hydroxylation sites is 1. The second kappa shape index (κ2) is 6.54. The van der Waals surface area contributed by atoms with Gasteiger partial charge in [0.15, 0.2) is 5.30 Å². The molecule has 4 aromatic rings. The molecule has 0 saturated heterocycles. The summed E-state index contributed by atoms with van der Waals surface area (Å²) >= 11 is 0. The summed E-state index contributed by atoms with van der Waals surface area (Å²) in [6, 6.07) is 17.4. The zero-order chi connectivity index (χ0) is 19.1. The number of carboxylic acid groups (broad SMARTS) is 1. The first-order valence-electron chi connectivity index (χ1n) is 8.27. The number of carboxylic acids is 1. The smallest absolute Gasteiger partial charge is 0.348 e. The Labute approximate surface area is 155 Å². The molecule has 1 atom stereocenters. The third-order valence-electron chi connectivity index (χ3n) is 4.56. The van der Waals surface area contributed by atoms with Gasteiger partial charge in [0.1, 0.15) is 0 Å². The van der Waals surface area contributed by atoms with Crippen LogP contribution in [0.2, 0.25) is 0 Å². The molecular weight excluding hydrogens is 361 g/mol. The van der Waals surface area contributed by atoms with E-state index in [9.17, 15) is 19.4 Å². The average Bonchev–Trinajstić information content (AvgIpc) is 2.65. The van der Waals surface area contributed by atoms with Crippen molar-refractivity contribution in [2.45, 2.75) is 6.92 Å². The van der Waals surface area contributed by atoms with Gasteiger partial charge < -0.3 is 10.00 Å². The lowest BCUT2D eigenvalue weighted by atomic mass is 9.96. The lowest BCUT2D eigenvalue weighted by Gasteiger charge is -2.12. The first-order valence-corrected chi connectivity index (χ1v) is 9.44. The van der Waals surface area contributed by atoms with Gasteiger partial charge in [0.25, 0.3) is 0 Å². The highest BCUT2D eigenvalue weighted by atomic mass is 31.1. The highest BCUT2D eigenvalue weighted by Gasteiger charge is 2.18. The molecule has 0 amide bonds. The SMILES string of the molecule is Cc1ccc2nc3c(-c4ccc([P+](=O)[O-])cc4)cccc3c(C(=O)O)c2c1. The van der Waals surface area contributed by atoms with Gasteiger partial charge in [0.2, 0.25) is 0 Å². The molecule has 0 fully saturated rings. The van der Waals surface area contributed by atoms with Gasteiger partial charge in [-0.2, -0.15) is 0 Å². The Hall–Kier alpha value is -3.14. The Morgan fingerprint density at radius 2 is 1.78 bits per heavy atom. The molecule has 1 aromatic heterocycles. The van der Waals surface area contributed by atoms with Gasteiger partial charge in [-0.3, -0.25) is 0 Å². The summed E-state index contributed by atoms with van der Waals surface area (Å²) in [6.45, 7) is 1.91. The molecule has 132 valence electrons. The van der Waals surface area contributed by atoms with Crippen LogP contribution in [0, 0.1) is 6.92 Å². The molecule has 1 heterocycles. The minimum absolute atomic E-state index is 0.222. The number of hydrogen-bond donors (Lipinski definition) is 1. The maximum Gasteiger partial charge on any atom is 0.348 e. The fourth-order valence-electron chi connectivity index (χ4n) is 3.30. The maximum absolute atomic E-state index is 12.0. The van der Waals surface area contributed by atoms with E-state index in [-0.39, 0.29) is 10.9 Å². The third kappa shape index (κ3) is 2.97. The van der Waals surface area contributed by atoms with Gasteiger partial charge in [-0.1, -0.05) is 34.4 Å². The van der Waals surface area contributed by atoms with Crippen molar-refractivity contribution in [3.8, 4) is 11.1 Å². The predicted octanol–water partition coefficient (Wildman–Crippen LogP) is 3.79. The first-order chi connectivity index (χ1) is 13.0. The molecule has 1 N–H and O–H groups in total. The number of pyridine rings is 1. The topological polar surface area (TPSA) is 90.3 Å². The molecule has 27 heavy (non-hydrogen) atoms. The minimum Gasteiger partial charge on any atom is -0.591 e. The lowest BCUT2D eigenvalue weighted by Crippen LogP contribution is -2.04. The molecule has 0 saturated carbocycles. The van der Waals surface area contributed by atoms with Crippen molar-refractivity contribution >= 4 is 41.1 Å². The molecule has 3 aromatic carbocycles. The van der Waals surface area contributed by atoms with Crippen molar-refractivity contribution < 1.29 is 19.4 Å². The molecule has 0 aliphatic rings. The maximum atomic E-state index is 12.0. The Kier molecular flexibility index (Phi) is 4.19. The molecular formula is C21H14NO4P. The molecule has 0 radical (unpaired) electrons. The van der Waals surface area contributed by atoms with Crippen LogP contribution in [0.4, 0.5) is 0 Å². The number of aromatic carboxylic acids is 1. The molecule has 1 unspecified atom stereocenters. The molecule has 5 nitrogen and oxygen atoms in total. The molecule has 0 spiro atoms. The summed E-state index contributed by atoms with van der Waals surface area (Å²) in [4.78, 5) is 27.8. The van der Waals surface area contributed by atoms with Gasteiger partial charge in [-0.25, -0.2) is 9.78 Å². The Bertz CT molecular complexity index is 1230. The fourth-order valence-corrected chi connectivity index (χ4v) is 3.70. The predicted molar refractivity (Wildman–Crippen MR) is 104 cm³/mol. The van der Waals surface area contributed by atoms with Crippen LogP contribution in [0.15, 0.2) is 60.7 Å². The van der Waals surface area contributed by atoms with E-state index in [0.717, 1.165) is 16.7 Å². The van der Waals surface area contributed by atoms with E-state index in [1.807, 2.05) is 31.2 Å². The quantitative estimate of drug-likeness (QED) is 0.435. The Morgan fingerprint density at radius 3 is 2.44 bits per heavy atom. The van der Waals surface area contributed by atoms with E-state index in [2.05, 4.69) is 0 Å². The van der Waals surface area contributed by atoms with Crippen LogP contribution in [-0.4, -0.2) is 16.1 Å². The number of nitrogens with zero attached hydrogens (tertiary/aromatic N) is 1. The lowest BCUT2D eigenvalue weighted by molar-refractivity contribution is -0.160. The minimum atomic E-state index is -2.65.